The van der Waals surface area contributed by atoms with E-state index in [2.05, 4.69) is 10.5 Å². The molecule has 1 heterocycles. The van der Waals surface area contributed by atoms with E-state index in [0.29, 0.717) is 5.76 Å². The number of nitrogens with zero attached hydrogens (tertiary/aromatic N) is 1. The van der Waals surface area contributed by atoms with Crippen LogP contribution < -0.4 is 10.2 Å². The van der Waals surface area contributed by atoms with Crippen molar-refractivity contribution in [3.05, 3.63) is 60.1 Å². The monoisotopic (exact) mass is 270 g/mol. The number of furan rings is 1. The van der Waals surface area contributed by atoms with Crippen molar-refractivity contribution in [1.29, 1.82) is 0 Å². The topological polar surface area (TPSA) is 63.8 Å². The number of hydrazone groups is 1. The van der Waals surface area contributed by atoms with Gasteiger partial charge in [-0.15, -0.1) is 0 Å². The second-order valence-electron chi connectivity index (χ2n) is 3.86. The Balaban J connectivity index is 1.85. The Morgan fingerprint density at radius 2 is 2.10 bits per heavy atom. The highest BCUT2D eigenvalue weighted by Gasteiger charge is 1.94. The molecule has 1 aromatic carbocycles. The average molecular weight is 270 g/mol. The van der Waals surface area contributed by atoms with Crippen molar-refractivity contribution >= 4 is 18.2 Å². The molecule has 0 atom stereocenters. The van der Waals surface area contributed by atoms with Crippen LogP contribution >= 0.6 is 0 Å². The van der Waals surface area contributed by atoms with Crippen LogP contribution in [0.2, 0.25) is 0 Å². The maximum absolute atomic E-state index is 11.5. The minimum absolute atomic E-state index is 0.316. The number of amides is 1. The SMILES string of the molecule is COc1ccc(/C=C/C(=O)N/N=C\c2ccco2)cc1. The van der Waals surface area contributed by atoms with Gasteiger partial charge in [-0.1, -0.05) is 12.1 Å². The van der Waals surface area contributed by atoms with Gasteiger partial charge in [0.05, 0.1) is 19.6 Å². The van der Waals surface area contributed by atoms with Crippen molar-refractivity contribution in [1.82, 2.24) is 5.43 Å². The van der Waals surface area contributed by atoms with Gasteiger partial charge in [-0.3, -0.25) is 4.79 Å². The van der Waals surface area contributed by atoms with Crippen molar-refractivity contribution in [3.8, 4) is 5.75 Å². The van der Waals surface area contributed by atoms with Gasteiger partial charge in [0, 0.05) is 6.08 Å². The third-order valence-electron chi connectivity index (χ3n) is 2.45. The predicted molar refractivity (Wildman–Crippen MR) is 76.5 cm³/mol. The first-order chi connectivity index (χ1) is 9.78. The molecule has 20 heavy (non-hydrogen) atoms. The maximum Gasteiger partial charge on any atom is 0.264 e. The largest absolute Gasteiger partial charge is 0.497 e. The molecule has 0 saturated carbocycles. The van der Waals surface area contributed by atoms with Gasteiger partial charge >= 0.3 is 0 Å². The standard InChI is InChI=1S/C15H14N2O3/c1-19-13-7-4-12(5-8-13)6-9-15(18)17-16-11-14-3-2-10-20-14/h2-11H,1H3,(H,17,18)/b9-6+,16-11-. The Morgan fingerprint density at radius 3 is 2.75 bits per heavy atom. The highest BCUT2D eigenvalue weighted by atomic mass is 16.5. The van der Waals surface area contributed by atoms with Crippen LogP contribution in [0.3, 0.4) is 0 Å². The Labute approximate surface area is 116 Å². The number of methoxy groups -OCH3 is 1. The molecule has 2 rings (SSSR count). The van der Waals surface area contributed by atoms with Crippen molar-refractivity contribution < 1.29 is 13.9 Å². The van der Waals surface area contributed by atoms with E-state index in [1.165, 1.54) is 18.6 Å². The minimum atomic E-state index is -0.316. The smallest absolute Gasteiger partial charge is 0.264 e. The molecule has 1 amide bonds. The molecule has 5 nitrogen and oxygen atoms in total. The molecule has 2 aromatic rings. The van der Waals surface area contributed by atoms with Crippen LogP contribution in [0.15, 0.2) is 58.3 Å². The highest BCUT2D eigenvalue weighted by Crippen LogP contribution is 2.12. The molecule has 0 spiro atoms. The number of ether oxygens (including phenoxy) is 1. The quantitative estimate of drug-likeness (QED) is 0.515. The fourth-order valence-corrected chi connectivity index (χ4v) is 1.45. The second-order valence-corrected chi connectivity index (χ2v) is 3.86. The molecule has 0 unspecified atom stereocenters. The van der Waals surface area contributed by atoms with E-state index in [0.717, 1.165) is 11.3 Å². The van der Waals surface area contributed by atoms with E-state index >= 15 is 0 Å². The lowest BCUT2D eigenvalue weighted by molar-refractivity contribution is -0.116. The fraction of sp³-hybridized carbons (Fsp3) is 0.0667. The molecule has 0 radical (unpaired) electrons. The second kappa shape index (κ2) is 6.94. The Morgan fingerprint density at radius 1 is 1.30 bits per heavy atom. The zero-order valence-electron chi connectivity index (χ0n) is 10.9. The number of hydrogen-bond donors (Lipinski definition) is 1. The van der Waals surface area contributed by atoms with Crippen molar-refractivity contribution in [2.75, 3.05) is 7.11 Å². The summed E-state index contributed by atoms with van der Waals surface area (Å²) in [6.07, 6.45) is 6.06. The van der Waals surface area contributed by atoms with Crippen LogP contribution in [0.4, 0.5) is 0 Å². The average Bonchev–Trinajstić information content (AvgIpc) is 2.99. The summed E-state index contributed by atoms with van der Waals surface area (Å²) in [5, 5.41) is 3.76. The lowest BCUT2D eigenvalue weighted by Crippen LogP contribution is -2.13. The molecule has 0 fully saturated rings. The number of carbonyl (C=O) groups is 1. The Kier molecular flexibility index (Phi) is 4.72. The molecule has 0 bridgehead atoms. The fourth-order valence-electron chi connectivity index (χ4n) is 1.45. The van der Waals surface area contributed by atoms with Crippen LogP contribution in [0.1, 0.15) is 11.3 Å². The predicted octanol–water partition coefficient (Wildman–Crippen LogP) is 2.45. The molecule has 0 aliphatic carbocycles. The van der Waals surface area contributed by atoms with E-state index < -0.39 is 0 Å². The normalized spacial score (nSPS) is 11.1. The summed E-state index contributed by atoms with van der Waals surface area (Å²) in [5.74, 6) is 1.03. The number of hydrogen-bond acceptors (Lipinski definition) is 4. The summed E-state index contributed by atoms with van der Waals surface area (Å²) < 4.78 is 10.1. The summed E-state index contributed by atoms with van der Waals surface area (Å²) in [4.78, 5) is 11.5. The lowest BCUT2D eigenvalue weighted by Gasteiger charge is -1.98. The first kappa shape index (κ1) is 13.6. The first-order valence-corrected chi connectivity index (χ1v) is 5.96. The van der Waals surface area contributed by atoms with Crippen molar-refractivity contribution in [2.24, 2.45) is 5.10 Å². The Bertz CT molecular complexity index is 599. The third-order valence-corrected chi connectivity index (χ3v) is 2.45. The summed E-state index contributed by atoms with van der Waals surface area (Å²) in [6, 6.07) is 10.8. The molecule has 1 N–H and O–H groups in total. The third kappa shape index (κ3) is 4.13. The van der Waals surface area contributed by atoms with Crippen LogP contribution in [-0.4, -0.2) is 19.2 Å². The molecule has 0 saturated heterocycles. The molecular weight excluding hydrogens is 256 g/mol. The number of nitrogens with one attached hydrogen (secondary N) is 1. The van der Waals surface area contributed by atoms with E-state index in [4.69, 9.17) is 9.15 Å². The molecule has 0 aliphatic heterocycles. The van der Waals surface area contributed by atoms with Gasteiger partial charge in [-0.05, 0) is 35.9 Å². The number of carbonyl (C=O) groups excluding carboxylic acids is 1. The highest BCUT2D eigenvalue weighted by molar-refractivity contribution is 5.92. The molecule has 1 aromatic heterocycles. The zero-order valence-corrected chi connectivity index (χ0v) is 10.9. The number of rotatable bonds is 5. The Hall–Kier alpha value is -2.82. The van der Waals surface area contributed by atoms with Crippen LogP contribution in [0.25, 0.3) is 6.08 Å². The molecule has 0 aliphatic rings. The minimum Gasteiger partial charge on any atom is -0.497 e. The van der Waals surface area contributed by atoms with E-state index in [1.807, 2.05) is 24.3 Å². The van der Waals surface area contributed by atoms with Gasteiger partial charge in [0.2, 0.25) is 0 Å². The number of benzene rings is 1. The summed E-state index contributed by atoms with van der Waals surface area (Å²) in [6.45, 7) is 0. The van der Waals surface area contributed by atoms with E-state index in [1.54, 1.807) is 25.3 Å². The van der Waals surface area contributed by atoms with Crippen molar-refractivity contribution in [2.45, 2.75) is 0 Å². The van der Waals surface area contributed by atoms with Gasteiger partial charge in [0.1, 0.15) is 11.5 Å². The van der Waals surface area contributed by atoms with Gasteiger partial charge < -0.3 is 9.15 Å². The summed E-state index contributed by atoms with van der Waals surface area (Å²) >= 11 is 0. The van der Waals surface area contributed by atoms with Gasteiger partial charge in [-0.2, -0.15) is 5.10 Å². The van der Waals surface area contributed by atoms with Gasteiger partial charge in [-0.25, -0.2) is 5.43 Å². The van der Waals surface area contributed by atoms with E-state index in [-0.39, 0.29) is 5.91 Å². The van der Waals surface area contributed by atoms with Gasteiger partial charge in [0.25, 0.3) is 5.91 Å². The van der Waals surface area contributed by atoms with Crippen LogP contribution in [0, 0.1) is 0 Å². The van der Waals surface area contributed by atoms with Crippen LogP contribution in [0.5, 0.6) is 5.75 Å². The first-order valence-electron chi connectivity index (χ1n) is 5.96. The summed E-state index contributed by atoms with van der Waals surface area (Å²) in [5.41, 5.74) is 3.27. The molecular formula is C15H14N2O3. The van der Waals surface area contributed by atoms with Crippen molar-refractivity contribution in [3.63, 3.8) is 0 Å². The van der Waals surface area contributed by atoms with Gasteiger partial charge in [0.15, 0.2) is 0 Å². The zero-order chi connectivity index (χ0) is 14.2. The maximum atomic E-state index is 11.5. The summed E-state index contributed by atoms with van der Waals surface area (Å²) in [7, 11) is 1.61. The molecule has 5 heteroatoms. The lowest BCUT2D eigenvalue weighted by atomic mass is 10.2. The molecule has 102 valence electrons. The van der Waals surface area contributed by atoms with Crippen LogP contribution in [-0.2, 0) is 4.79 Å². The van der Waals surface area contributed by atoms with E-state index in [9.17, 15) is 4.79 Å².